The van der Waals surface area contributed by atoms with Crippen LogP contribution in [0.5, 0.6) is 0 Å². The van der Waals surface area contributed by atoms with Crippen molar-refractivity contribution in [2.24, 2.45) is 0 Å². The summed E-state index contributed by atoms with van der Waals surface area (Å²) >= 11 is 0. The smallest absolute Gasteiger partial charge is 0.105 e. The number of hydrogen-bond acceptors (Lipinski definition) is 2. The number of aryl methyl sites for hydroxylation is 2. The lowest BCUT2D eigenvalue weighted by atomic mass is 10.00. The highest BCUT2D eigenvalue weighted by Crippen LogP contribution is 2.27. The van der Waals surface area contributed by atoms with Gasteiger partial charge in [0.25, 0.3) is 0 Å². The monoisotopic (exact) mass is 186 g/mol. The third-order valence-corrected chi connectivity index (χ3v) is 2.71. The van der Waals surface area contributed by atoms with Gasteiger partial charge in [0.05, 0.1) is 6.07 Å². The molecule has 0 spiro atoms. The van der Waals surface area contributed by atoms with Crippen LogP contribution in [0.2, 0.25) is 0 Å². The maximum atomic E-state index is 8.71. The lowest BCUT2D eigenvalue weighted by molar-refractivity contribution is 0.724. The van der Waals surface area contributed by atoms with Crippen molar-refractivity contribution in [3.63, 3.8) is 0 Å². The summed E-state index contributed by atoms with van der Waals surface area (Å²) in [7, 11) is 0. The SMILES string of the molecule is Cc1ccc2c(c1)CCCN2CC#N. The molecule has 1 aliphatic rings. The van der Waals surface area contributed by atoms with Crippen molar-refractivity contribution in [2.75, 3.05) is 18.0 Å². The van der Waals surface area contributed by atoms with Crippen LogP contribution >= 0.6 is 0 Å². The topological polar surface area (TPSA) is 27.0 Å². The Kier molecular flexibility index (Phi) is 2.41. The Morgan fingerprint density at radius 3 is 3.14 bits per heavy atom. The summed E-state index contributed by atoms with van der Waals surface area (Å²) in [5.74, 6) is 0. The van der Waals surface area contributed by atoms with Gasteiger partial charge in [-0.25, -0.2) is 0 Å². The van der Waals surface area contributed by atoms with E-state index in [1.54, 1.807) is 0 Å². The molecule has 2 nitrogen and oxygen atoms in total. The Morgan fingerprint density at radius 1 is 1.50 bits per heavy atom. The van der Waals surface area contributed by atoms with E-state index >= 15 is 0 Å². The molecule has 0 N–H and O–H groups in total. The molecule has 0 unspecified atom stereocenters. The first-order chi connectivity index (χ1) is 6.81. The number of nitrogens with zero attached hydrogens (tertiary/aromatic N) is 2. The molecule has 0 radical (unpaired) electrons. The minimum absolute atomic E-state index is 0.510. The van der Waals surface area contributed by atoms with Crippen LogP contribution < -0.4 is 4.90 Å². The molecule has 1 aliphatic heterocycles. The van der Waals surface area contributed by atoms with Crippen molar-refractivity contribution in [2.45, 2.75) is 19.8 Å². The van der Waals surface area contributed by atoms with E-state index in [1.165, 1.54) is 16.8 Å². The number of nitriles is 1. The molecule has 72 valence electrons. The lowest BCUT2D eigenvalue weighted by Gasteiger charge is -2.29. The highest BCUT2D eigenvalue weighted by Gasteiger charge is 2.15. The van der Waals surface area contributed by atoms with Crippen molar-refractivity contribution in [3.8, 4) is 6.07 Å². The van der Waals surface area contributed by atoms with E-state index in [0.717, 1.165) is 19.4 Å². The van der Waals surface area contributed by atoms with Crippen LogP contribution in [0.1, 0.15) is 17.5 Å². The van der Waals surface area contributed by atoms with Crippen LogP contribution in [0.3, 0.4) is 0 Å². The Hall–Kier alpha value is -1.49. The Labute approximate surface area is 84.8 Å². The summed E-state index contributed by atoms with van der Waals surface area (Å²) in [6, 6.07) is 8.71. The number of hydrogen-bond donors (Lipinski definition) is 0. The third-order valence-electron chi connectivity index (χ3n) is 2.71. The second-order valence-electron chi connectivity index (χ2n) is 3.82. The van der Waals surface area contributed by atoms with Gasteiger partial charge in [-0.2, -0.15) is 5.26 Å². The predicted molar refractivity (Wildman–Crippen MR) is 57.3 cm³/mol. The second kappa shape index (κ2) is 3.71. The van der Waals surface area contributed by atoms with Gasteiger partial charge in [-0.1, -0.05) is 17.7 Å². The van der Waals surface area contributed by atoms with E-state index in [9.17, 15) is 0 Å². The minimum Gasteiger partial charge on any atom is -0.358 e. The Bertz CT molecular complexity index is 376. The molecular weight excluding hydrogens is 172 g/mol. The van der Waals surface area contributed by atoms with Gasteiger partial charge in [0.2, 0.25) is 0 Å². The van der Waals surface area contributed by atoms with E-state index in [2.05, 4.69) is 36.1 Å². The van der Waals surface area contributed by atoms with Gasteiger partial charge in [0.15, 0.2) is 0 Å². The van der Waals surface area contributed by atoms with Crippen LogP contribution in [0.15, 0.2) is 18.2 Å². The zero-order chi connectivity index (χ0) is 9.97. The molecule has 1 aromatic rings. The largest absolute Gasteiger partial charge is 0.358 e. The van der Waals surface area contributed by atoms with E-state index < -0.39 is 0 Å². The van der Waals surface area contributed by atoms with Gasteiger partial charge in [-0.3, -0.25) is 0 Å². The zero-order valence-corrected chi connectivity index (χ0v) is 8.45. The van der Waals surface area contributed by atoms with Crippen molar-refractivity contribution in [1.82, 2.24) is 0 Å². The quantitative estimate of drug-likeness (QED) is 0.629. The molecule has 0 aromatic heterocycles. The summed E-state index contributed by atoms with van der Waals surface area (Å²) < 4.78 is 0. The fraction of sp³-hybridized carbons (Fsp3) is 0.417. The molecule has 2 heteroatoms. The molecule has 0 bridgehead atoms. The molecule has 0 fully saturated rings. The molecule has 0 aliphatic carbocycles. The Morgan fingerprint density at radius 2 is 2.36 bits per heavy atom. The average Bonchev–Trinajstić information content (AvgIpc) is 2.18. The lowest BCUT2D eigenvalue weighted by Crippen LogP contribution is -2.29. The summed E-state index contributed by atoms with van der Waals surface area (Å²) in [5, 5.41) is 8.71. The van der Waals surface area contributed by atoms with Gasteiger partial charge in [0, 0.05) is 12.2 Å². The number of benzene rings is 1. The molecule has 0 saturated heterocycles. The van der Waals surface area contributed by atoms with Gasteiger partial charge < -0.3 is 4.90 Å². The summed E-state index contributed by atoms with van der Waals surface area (Å²) in [6.07, 6.45) is 2.32. The van der Waals surface area contributed by atoms with E-state index in [0.29, 0.717) is 6.54 Å². The minimum atomic E-state index is 0.510. The van der Waals surface area contributed by atoms with Gasteiger partial charge in [-0.15, -0.1) is 0 Å². The van der Waals surface area contributed by atoms with Crippen molar-refractivity contribution < 1.29 is 0 Å². The van der Waals surface area contributed by atoms with Gasteiger partial charge >= 0.3 is 0 Å². The Balaban J connectivity index is 2.36. The molecule has 1 heterocycles. The molecule has 0 amide bonds. The highest BCUT2D eigenvalue weighted by molar-refractivity contribution is 5.57. The van der Waals surface area contributed by atoms with E-state index in [1.807, 2.05) is 0 Å². The first-order valence-corrected chi connectivity index (χ1v) is 5.02. The first kappa shape index (κ1) is 9.08. The van der Waals surface area contributed by atoms with Crippen LogP contribution in [-0.2, 0) is 6.42 Å². The van der Waals surface area contributed by atoms with Crippen molar-refractivity contribution in [3.05, 3.63) is 29.3 Å². The maximum Gasteiger partial charge on any atom is 0.105 e. The fourth-order valence-corrected chi connectivity index (χ4v) is 2.05. The average molecular weight is 186 g/mol. The van der Waals surface area contributed by atoms with Crippen LogP contribution in [0.25, 0.3) is 0 Å². The molecular formula is C12H14N2. The molecule has 0 atom stereocenters. The highest BCUT2D eigenvalue weighted by atomic mass is 15.1. The summed E-state index contributed by atoms with van der Waals surface area (Å²) in [6.45, 7) is 3.64. The van der Waals surface area contributed by atoms with Crippen molar-refractivity contribution >= 4 is 5.69 Å². The maximum absolute atomic E-state index is 8.71. The molecule has 2 rings (SSSR count). The number of rotatable bonds is 1. The predicted octanol–water partition coefficient (Wildman–Crippen LogP) is 2.27. The van der Waals surface area contributed by atoms with Crippen molar-refractivity contribution in [1.29, 1.82) is 5.26 Å². The number of fused-ring (bicyclic) bond motifs is 1. The fourth-order valence-electron chi connectivity index (χ4n) is 2.05. The summed E-state index contributed by atoms with van der Waals surface area (Å²) in [5.41, 5.74) is 3.96. The standard InChI is InChI=1S/C12H14N2/c1-10-4-5-12-11(9-10)3-2-7-14(12)8-6-13/h4-5,9H,2-3,7-8H2,1H3. The zero-order valence-electron chi connectivity index (χ0n) is 8.45. The molecule has 1 aromatic carbocycles. The third kappa shape index (κ3) is 1.58. The molecule has 14 heavy (non-hydrogen) atoms. The normalized spacial score (nSPS) is 14.7. The van der Waals surface area contributed by atoms with Gasteiger partial charge in [0.1, 0.15) is 6.54 Å². The van der Waals surface area contributed by atoms with Crippen LogP contribution in [0.4, 0.5) is 5.69 Å². The second-order valence-corrected chi connectivity index (χ2v) is 3.82. The van der Waals surface area contributed by atoms with E-state index in [4.69, 9.17) is 5.26 Å². The van der Waals surface area contributed by atoms with E-state index in [-0.39, 0.29) is 0 Å². The molecule has 0 saturated carbocycles. The van der Waals surface area contributed by atoms with Gasteiger partial charge in [-0.05, 0) is 31.4 Å². The number of anilines is 1. The van der Waals surface area contributed by atoms with Crippen LogP contribution in [-0.4, -0.2) is 13.1 Å². The van der Waals surface area contributed by atoms with Crippen LogP contribution in [0, 0.1) is 18.3 Å². The first-order valence-electron chi connectivity index (χ1n) is 5.02. The summed E-state index contributed by atoms with van der Waals surface area (Å²) in [4.78, 5) is 2.16.